The molecule has 0 aliphatic carbocycles. The highest BCUT2D eigenvalue weighted by atomic mass is 16.5. The van der Waals surface area contributed by atoms with Crippen LogP contribution in [0.2, 0.25) is 0 Å². The molecular formula is C92H102N20O9. The van der Waals surface area contributed by atoms with E-state index in [9.17, 15) is 35.0 Å². The Morgan fingerprint density at radius 3 is 1.18 bits per heavy atom. The monoisotopic (exact) mass is 1630 g/mol. The van der Waals surface area contributed by atoms with Crippen LogP contribution in [0.4, 0.5) is 57.3 Å². The summed E-state index contributed by atoms with van der Waals surface area (Å²) in [5.41, 5.74) is 11.2. The van der Waals surface area contributed by atoms with Crippen molar-refractivity contribution in [1.29, 1.82) is 15.8 Å². The fraction of sp³-hybridized carbons (Fsp3) is 0.402. The van der Waals surface area contributed by atoms with E-state index in [1.807, 2.05) is 48.5 Å². The van der Waals surface area contributed by atoms with E-state index < -0.39 is 0 Å². The predicted octanol–water partition coefficient (Wildman–Crippen LogP) is 11.8. The summed E-state index contributed by atoms with van der Waals surface area (Å²) in [6.07, 6.45) is 11.8. The van der Waals surface area contributed by atoms with E-state index in [0.29, 0.717) is 121 Å². The first-order chi connectivity index (χ1) is 59.3. The number of ether oxygens (including phenoxy) is 5. The van der Waals surface area contributed by atoms with Gasteiger partial charge in [0, 0.05) is 225 Å². The molecule has 3 N–H and O–H groups in total. The number of nitriles is 3. The normalized spacial score (nSPS) is 17.4. The first kappa shape index (κ1) is 83.4. The summed E-state index contributed by atoms with van der Waals surface area (Å²) < 4.78 is 28.5. The van der Waals surface area contributed by atoms with Gasteiger partial charge in [-0.05, 0) is 165 Å². The molecule has 11 heterocycles. The van der Waals surface area contributed by atoms with Crippen molar-refractivity contribution in [3.05, 3.63) is 181 Å². The first-order valence-corrected chi connectivity index (χ1v) is 42.1. The maximum absolute atomic E-state index is 12.3. The van der Waals surface area contributed by atoms with Crippen LogP contribution >= 0.6 is 0 Å². The summed E-state index contributed by atoms with van der Waals surface area (Å²) in [6, 6.07) is 55.4. The van der Waals surface area contributed by atoms with Crippen LogP contribution in [0, 0.1) is 34.0 Å². The summed E-state index contributed by atoms with van der Waals surface area (Å²) >= 11 is 0. The highest BCUT2D eigenvalue weighted by Gasteiger charge is 2.32. The van der Waals surface area contributed by atoms with Crippen LogP contribution in [-0.4, -0.2) is 242 Å². The van der Waals surface area contributed by atoms with Gasteiger partial charge in [0.05, 0.1) is 74.1 Å². The van der Waals surface area contributed by atoms with Crippen molar-refractivity contribution in [2.45, 2.75) is 95.4 Å². The van der Waals surface area contributed by atoms with E-state index in [2.05, 4.69) is 156 Å². The molecule has 8 fully saturated rings. The molecule has 8 aliphatic rings. The molecule has 29 heteroatoms. The number of morpholine rings is 1. The molecule has 0 spiro atoms. The summed E-state index contributed by atoms with van der Waals surface area (Å²) in [4.78, 5) is 91.8. The SMILES string of the molecule is CC(=O)CCC(=O)N1CCC(Oc2ccc(-c3nccc(Nc4ccc(N5CCN(C6COC6)CC5)cc4)n3)cc2C#N)CC1.N#Cc1cc(-c2nccc(Nc3ccc(N4CCN(C5COC5)CC4)cc3)n2)ccc1OC1CCN(C(=O)CCC=O)CC1.N#Cc1cc(-c2nccc(Nc3ccc(N4CCOCC4)cc3)n2)ccc1N1CCCC1. The molecule has 9 aromatic rings. The molecule has 2 amide bonds. The number of ketones is 1. The topological polar surface area (TPSA) is 325 Å². The number of hydrogen-bond acceptors (Lipinski definition) is 27. The van der Waals surface area contributed by atoms with Gasteiger partial charge in [0.2, 0.25) is 11.8 Å². The number of rotatable bonds is 25. The Kier molecular flexibility index (Phi) is 28.1. The molecule has 0 unspecified atom stereocenters. The fourth-order valence-electron chi connectivity index (χ4n) is 16.1. The number of hydrogen-bond donors (Lipinski definition) is 3. The quantitative estimate of drug-likeness (QED) is 0.0448. The van der Waals surface area contributed by atoms with E-state index in [-0.39, 0.29) is 55.5 Å². The first-order valence-electron chi connectivity index (χ1n) is 42.1. The van der Waals surface area contributed by atoms with Gasteiger partial charge >= 0.3 is 0 Å². The van der Waals surface area contributed by atoms with Crippen LogP contribution < -0.4 is 45.0 Å². The number of benzene rings is 6. The number of nitrogens with zero attached hydrogens (tertiary/aromatic N) is 17. The molecule has 29 nitrogen and oxygen atoms in total. The fourth-order valence-corrected chi connectivity index (χ4v) is 16.1. The maximum Gasteiger partial charge on any atom is 0.223 e. The lowest BCUT2D eigenvalue weighted by Gasteiger charge is -2.43. The van der Waals surface area contributed by atoms with Crippen LogP contribution in [0.5, 0.6) is 11.5 Å². The molecule has 0 radical (unpaired) electrons. The number of aldehydes is 1. The second kappa shape index (κ2) is 40.8. The lowest BCUT2D eigenvalue weighted by atomic mass is 10.1. The number of piperazine rings is 2. The number of aromatic nitrogens is 6. The summed E-state index contributed by atoms with van der Waals surface area (Å²) in [7, 11) is 0. The van der Waals surface area contributed by atoms with Crippen molar-refractivity contribution >= 4 is 81.1 Å². The molecule has 624 valence electrons. The number of amides is 2. The average molecular weight is 1630 g/mol. The van der Waals surface area contributed by atoms with Crippen molar-refractivity contribution < 1.29 is 42.9 Å². The maximum atomic E-state index is 12.3. The van der Waals surface area contributed by atoms with E-state index in [1.165, 1.54) is 36.8 Å². The molecule has 121 heavy (non-hydrogen) atoms. The van der Waals surface area contributed by atoms with E-state index >= 15 is 0 Å². The van der Waals surface area contributed by atoms with E-state index in [1.54, 1.807) is 52.7 Å². The van der Waals surface area contributed by atoms with Gasteiger partial charge in [0.1, 0.15) is 71.4 Å². The van der Waals surface area contributed by atoms with Gasteiger partial charge in [0.15, 0.2) is 17.5 Å². The van der Waals surface area contributed by atoms with Crippen LogP contribution in [-0.2, 0) is 33.4 Å². The number of Topliss-reactive ketones (excluding diaryl/α,β-unsaturated/α-hetero) is 1. The van der Waals surface area contributed by atoms with Crippen molar-refractivity contribution in [3.8, 4) is 63.9 Å². The minimum atomic E-state index is -0.0954. The number of anilines is 10. The van der Waals surface area contributed by atoms with E-state index in [4.69, 9.17) is 33.7 Å². The van der Waals surface area contributed by atoms with Crippen LogP contribution in [0.15, 0.2) is 164 Å². The Morgan fingerprint density at radius 2 is 0.810 bits per heavy atom. The van der Waals surface area contributed by atoms with Gasteiger partial charge in [-0.1, -0.05) is 0 Å². The zero-order valence-electron chi connectivity index (χ0n) is 68.4. The second-order valence-corrected chi connectivity index (χ2v) is 31.3. The van der Waals surface area contributed by atoms with Crippen molar-refractivity contribution in [1.82, 2.24) is 49.5 Å². The third-order valence-corrected chi connectivity index (χ3v) is 23.3. The number of carbonyl (C=O) groups excluding carboxylic acids is 4. The van der Waals surface area contributed by atoms with Crippen LogP contribution in [0.25, 0.3) is 34.2 Å². The number of piperidine rings is 2. The number of carbonyl (C=O) groups is 4. The van der Waals surface area contributed by atoms with Crippen molar-refractivity contribution in [2.75, 3.05) is 180 Å². The molecule has 0 bridgehead atoms. The largest absolute Gasteiger partial charge is 0.489 e. The molecule has 0 atom stereocenters. The van der Waals surface area contributed by atoms with Gasteiger partial charge in [-0.15, -0.1) is 0 Å². The average Bonchev–Trinajstić information content (AvgIpc) is 1.72. The predicted molar refractivity (Wildman–Crippen MR) is 463 cm³/mol. The van der Waals surface area contributed by atoms with E-state index in [0.717, 1.165) is 170 Å². The minimum absolute atomic E-state index is 0.00363. The molecule has 8 aliphatic heterocycles. The van der Waals surface area contributed by atoms with Gasteiger partial charge in [0.25, 0.3) is 0 Å². The van der Waals surface area contributed by atoms with Crippen molar-refractivity contribution in [3.63, 3.8) is 0 Å². The van der Waals surface area contributed by atoms with Crippen molar-refractivity contribution in [2.24, 2.45) is 0 Å². The summed E-state index contributed by atoms with van der Waals surface area (Å²) in [6.45, 7) is 20.9. The summed E-state index contributed by atoms with van der Waals surface area (Å²) in [5.74, 6) is 4.69. The Morgan fingerprint density at radius 1 is 0.430 bits per heavy atom. The van der Waals surface area contributed by atoms with Gasteiger partial charge < -0.3 is 78.6 Å². The Balaban J connectivity index is 0.000000143. The highest BCUT2D eigenvalue weighted by Crippen LogP contribution is 2.35. The van der Waals surface area contributed by atoms with Gasteiger partial charge in [-0.25, -0.2) is 29.9 Å². The second-order valence-electron chi connectivity index (χ2n) is 31.3. The van der Waals surface area contributed by atoms with Gasteiger partial charge in [-0.3, -0.25) is 19.4 Å². The van der Waals surface area contributed by atoms with Crippen LogP contribution in [0.1, 0.15) is 87.8 Å². The molecule has 17 rings (SSSR count). The van der Waals surface area contributed by atoms with Gasteiger partial charge in [-0.2, -0.15) is 15.8 Å². The molecule has 0 saturated carbocycles. The zero-order chi connectivity index (χ0) is 83.2. The standard InChI is InChI=1S/C34H39N7O4.C33H37N7O4.C25H26N6O/c1-24(42)2-9-33(43)41-14-11-30(12-15-41)45-31-8-3-25(20-26(31)21-35)34-36-13-10-32(38-34)37-27-4-6-28(7-5-27)39-16-18-40(19-17-39)29-22-44-23-29;34-21-25-20-24(3-8-30(25)44-29-10-13-40(14-11-29)32(42)2-1-19-41)33-35-12-9-31(37-33)36-26-4-6-27(7-5-26)38-15-17-39(18-16-38)28-22-43-23-28;26-18-20-17-19(3-8-23(20)31-11-1-2-12-31)25-27-10-9-24(29-25)28-21-4-6-22(7-5-21)30-13-15-32-16-14-30/h3-8,10,13,20,29-30H,2,9,11-12,14-19,22-23H2,1H3,(H,36,37,38);3-9,12,19-20,28-29H,1-2,10-11,13-18,22-23H2,(H,35,36,37);3-10,17H,1-2,11-16H2,(H,27,28,29). The number of likely N-dealkylation sites (tertiary alicyclic amines) is 2. The lowest BCUT2D eigenvalue weighted by Crippen LogP contribution is -2.56. The summed E-state index contributed by atoms with van der Waals surface area (Å²) in [5, 5.41) is 39.5. The lowest BCUT2D eigenvalue weighted by molar-refractivity contribution is -0.134. The minimum Gasteiger partial charge on any atom is -0.489 e. The smallest absolute Gasteiger partial charge is 0.223 e. The Hall–Kier alpha value is -12.7. The number of nitrogens with one attached hydrogen (secondary N) is 3. The van der Waals surface area contributed by atoms with Crippen LogP contribution in [0.3, 0.4) is 0 Å². The third-order valence-electron chi connectivity index (χ3n) is 23.3. The Labute approximate surface area is 705 Å². The molecule has 6 aromatic carbocycles. The molecule has 3 aromatic heterocycles. The highest BCUT2D eigenvalue weighted by molar-refractivity contribution is 5.84. The Bertz CT molecular complexity index is 5150. The zero-order valence-corrected chi connectivity index (χ0v) is 68.4. The molecular weight excluding hydrogens is 1530 g/mol. The molecule has 8 saturated heterocycles. The third kappa shape index (κ3) is 22.1.